The van der Waals surface area contributed by atoms with E-state index in [1.54, 1.807) is 30.4 Å². The summed E-state index contributed by atoms with van der Waals surface area (Å²) in [5, 5.41) is 0.901. The number of aryl methyl sites for hydroxylation is 2. The van der Waals surface area contributed by atoms with Gasteiger partial charge in [0.25, 0.3) is 0 Å². The molecule has 0 saturated heterocycles. The number of fused-ring (bicyclic) bond motifs is 1. The van der Waals surface area contributed by atoms with Crippen LogP contribution in [0.3, 0.4) is 0 Å². The number of halogens is 1. The van der Waals surface area contributed by atoms with E-state index in [1.807, 2.05) is 13.0 Å². The Morgan fingerprint density at radius 2 is 2.00 bits per heavy atom. The predicted octanol–water partition coefficient (Wildman–Crippen LogP) is 3.40. The molecule has 3 rings (SSSR count). The van der Waals surface area contributed by atoms with Crippen LogP contribution >= 0.6 is 11.3 Å². The minimum absolute atomic E-state index is 0.237. The second-order valence-electron chi connectivity index (χ2n) is 4.58. The third kappa shape index (κ3) is 2.13. The van der Waals surface area contributed by atoms with Gasteiger partial charge >= 0.3 is 0 Å². The maximum atomic E-state index is 13.3. The lowest BCUT2D eigenvalue weighted by Crippen LogP contribution is -2.09. The standard InChI is InChI=1S/C14H13FN4S/c1-7-5-9(3-4-11(7)15)12-17-13(19-16)10-6-8(2)20-14(10)18-12/h3-6H,16H2,1-2H3,(H,17,18,19). The number of rotatable bonds is 2. The Morgan fingerprint density at radius 3 is 2.70 bits per heavy atom. The monoisotopic (exact) mass is 288 g/mol. The quantitative estimate of drug-likeness (QED) is 0.560. The third-order valence-electron chi connectivity index (χ3n) is 3.07. The van der Waals surface area contributed by atoms with Crippen molar-refractivity contribution in [1.82, 2.24) is 9.97 Å². The molecule has 0 unspecified atom stereocenters. The highest BCUT2D eigenvalue weighted by Gasteiger charge is 2.12. The Hall–Kier alpha value is -2.05. The zero-order chi connectivity index (χ0) is 14.3. The Morgan fingerprint density at radius 1 is 1.20 bits per heavy atom. The SMILES string of the molecule is Cc1cc2c(NN)nc(-c3ccc(F)c(C)c3)nc2s1. The van der Waals surface area contributed by atoms with Gasteiger partial charge in [0, 0.05) is 10.4 Å². The second kappa shape index (κ2) is 4.81. The molecule has 20 heavy (non-hydrogen) atoms. The van der Waals surface area contributed by atoms with Crippen LogP contribution < -0.4 is 11.3 Å². The molecule has 0 aliphatic heterocycles. The Labute approximate surface area is 119 Å². The number of nitrogen functional groups attached to an aromatic ring is 1. The summed E-state index contributed by atoms with van der Waals surface area (Å²) in [5.74, 6) is 6.41. The van der Waals surface area contributed by atoms with E-state index in [1.165, 1.54) is 6.07 Å². The molecule has 0 saturated carbocycles. The summed E-state index contributed by atoms with van der Waals surface area (Å²) in [5.41, 5.74) is 3.94. The Kier molecular flexibility index (Phi) is 3.11. The molecule has 0 bridgehead atoms. The van der Waals surface area contributed by atoms with E-state index in [0.717, 1.165) is 20.7 Å². The van der Waals surface area contributed by atoms with Crippen molar-refractivity contribution in [3.05, 3.63) is 40.5 Å². The Bertz CT molecular complexity index is 797. The molecule has 0 amide bonds. The highest BCUT2D eigenvalue weighted by atomic mass is 32.1. The number of anilines is 1. The van der Waals surface area contributed by atoms with Gasteiger partial charge in [0.1, 0.15) is 10.6 Å². The smallest absolute Gasteiger partial charge is 0.163 e. The largest absolute Gasteiger partial charge is 0.308 e. The van der Waals surface area contributed by atoms with Crippen molar-refractivity contribution in [2.75, 3.05) is 5.43 Å². The summed E-state index contributed by atoms with van der Waals surface area (Å²) in [4.78, 5) is 10.9. The van der Waals surface area contributed by atoms with Gasteiger partial charge < -0.3 is 5.43 Å². The topological polar surface area (TPSA) is 63.8 Å². The van der Waals surface area contributed by atoms with E-state index in [2.05, 4.69) is 15.4 Å². The summed E-state index contributed by atoms with van der Waals surface area (Å²) in [6, 6.07) is 6.82. The van der Waals surface area contributed by atoms with Gasteiger partial charge in [-0.2, -0.15) is 0 Å². The van der Waals surface area contributed by atoms with E-state index < -0.39 is 0 Å². The predicted molar refractivity (Wildman–Crippen MR) is 80.1 cm³/mol. The van der Waals surface area contributed by atoms with E-state index in [9.17, 15) is 4.39 Å². The summed E-state index contributed by atoms with van der Waals surface area (Å²) in [7, 11) is 0. The van der Waals surface area contributed by atoms with Crippen LogP contribution in [0, 0.1) is 19.7 Å². The van der Waals surface area contributed by atoms with Crippen molar-refractivity contribution in [3.63, 3.8) is 0 Å². The number of benzene rings is 1. The van der Waals surface area contributed by atoms with Crippen LogP contribution in [0.4, 0.5) is 10.2 Å². The zero-order valence-electron chi connectivity index (χ0n) is 11.1. The molecule has 0 aliphatic rings. The Balaban J connectivity index is 2.22. The van der Waals surface area contributed by atoms with Gasteiger partial charge in [-0.15, -0.1) is 11.3 Å². The summed E-state index contributed by atoms with van der Waals surface area (Å²) >= 11 is 1.58. The molecule has 4 nitrogen and oxygen atoms in total. The number of hydrogen-bond donors (Lipinski definition) is 2. The van der Waals surface area contributed by atoms with Gasteiger partial charge in [0.15, 0.2) is 11.6 Å². The van der Waals surface area contributed by atoms with Gasteiger partial charge in [0.05, 0.1) is 5.39 Å². The van der Waals surface area contributed by atoms with E-state index >= 15 is 0 Å². The molecule has 0 radical (unpaired) electrons. The van der Waals surface area contributed by atoms with Crippen LogP contribution in [0.2, 0.25) is 0 Å². The van der Waals surface area contributed by atoms with Crippen molar-refractivity contribution >= 4 is 27.4 Å². The molecule has 0 fully saturated rings. The maximum absolute atomic E-state index is 13.3. The molecule has 0 spiro atoms. The molecule has 3 N–H and O–H groups in total. The number of hydrogen-bond acceptors (Lipinski definition) is 5. The van der Waals surface area contributed by atoms with Crippen molar-refractivity contribution in [2.45, 2.75) is 13.8 Å². The highest BCUT2D eigenvalue weighted by molar-refractivity contribution is 7.18. The number of aromatic nitrogens is 2. The minimum Gasteiger partial charge on any atom is -0.308 e. The molecule has 0 aliphatic carbocycles. The molecule has 6 heteroatoms. The third-order valence-corrected chi connectivity index (χ3v) is 4.01. The first-order chi connectivity index (χ1) is 9.58. The second-order valence-corrected chi connectivity index (χ2v) is 5.81. The van der Waals surface area contributed by atoms with Crippen molar-refractivity contribution in [3.8, 4) is 11.4 Å². The fourth-order valence-electron chi connectivity index (χ4n) is 2.06. The van der Waals surface area contributed by atoms with Gasteiger partial charge in [0.2, 0.25) is 0 Å². The van der Waals surface area contributed by atoms with E-state index in [-0.39, 0.29) is 5.82 Å². The number of nitrogens with two attached hydrogens (primary N) is 1. The van der Waals surface area contributed by atoms with Crippen molar-refractivity contribution < 1.29 is 4.39 Å². The first-order valence-corrected chi connectivity index (χ1v) is 6.91. The van der Waals surface area contributed by atoms with Crippen molar-refractivity contribution in [2.24, 2.45) is 5.84 Å². The molecule has 0 atom stereocenters. The van der Waals surface area contributed by atoms with Crippen molar-refractivity contribution in [1.29, 1.82) is 0 Å². The summed E-state index contributed by atoms with van der Waals surface area (Å²) in [6.45, 7) is 3.73. The summed E-state index contributed by atoms with van der Waals surface area (Å²) < 4.78 is 13.3. The van der Waals surface area contributed by atoms with Gasteiger partial charge in [-0.3, -0.25) is 0 Å². The fourth-order valence-corrected chi connectivity index (χ4v) is 2.94. The average Bonchev–Trinajstić information content (AvgIpc) is 2.80. The maximum Gasteiger partial charge on any atom is 0.163 e. The lowest BCUT2D eigenvalue weighted by molar-refractivity contribution is 0.618. The number of hydrazine groups is 1. The molecule has 2 aromatic heterocycles. The molecule has 2 heterocycles. The minimum atomic E-state index is -0.237. The molecular weight excluding hydrogens is 275 g/mol. The van der Waals surface area contributed by atoms with Gasteiger partial charge in [-0.1, -0.05) is 0 Å². The zero-order valence-corrected chi connectivity index (χ0v) is 11.9. The van der Waals surface area contributed by atoms with Crippen LogP contribution in [-0.4, -0.2) is 9.97 Å². The van der Waals surface area contributed by atoms with Crippen LogP contribution in [0.5, 0.6) is 0 Å². The van der Waals surface area contributed by atoms with Crippen LogP contribution in [0.25, 0.3) is 21.6 Å². The summed E-state index contributed by atoms with van der Waals surface area (Å²) in [6.07, 6.45) is 0. The normalized spacial score (nSPS) is 11.0. The van der Waals surface area contributed by atoms with Crippen LogP contribution in [0.15, 0.2) is 24.3 Å². The molecular formula is C14H13FN4S. The van der Waals surface area contributed by atoms with Crippen LogP contribution in [-0.2, 0) is 0 Å². The highest BCUT2D eigenvalue weighted by Crippen LogP contribution is 2.30. The van der Waals surface area contributed by atoms with E-state index in [4.69, 9.17) is 5.84 Å². The molecule has 102 valence electrons. The lowest BCUT2D eigenvalue weighted by atomic mass is 10.1. The van der Waals surface area contributed by atoms with Crippen LogP contribution in [0.1, 0.15) is 10.4 Å². The first kappa shape index (κ1) is 13.0. The van der Waals surface area contributed by atoms with E-state index in [0.29, 0.717) is 17.2 Å². The fraction of sp³-hybridized carbons (Fsp3) is 0.143. The lowest BCUT2D eigenvalue weighted by Gasteiger charge is -2.06. The number of nitrogens with one attached hydrogen (secondary N) is 1. The molecule has 3 aromatic rings. The molecule has 1 aromatic carbocycles. The average molecular weight is 288 g/mol. The number of nitrogens with zero attached hydrogens (tertiary/aromatic N) is 2. The van der Waals surface area contributed by atoms with Gasteiger partial charge in [-0.05, 0) is 43.7 Å². The first-order valence-electron chi connectivity index (χ1n) is 6.10. The number of thiophene rings is 1. The van der Waals surface area contributed by atoms with Gasteiger partial charge in [-0.25, -0.2) is 20.2 Å².